The third-order valence-electron chi connectivity index (χ3n) is 4.52. The van der Waals surface area contributed by atoms with Crippen LogP contribution < -0.4 is 4.74 Å². The maximum absolute atomic E-state index is 12.0. The Bertz CT molecular complexity index is 990. The molecule has 0 aliphatic heterocycles. The smallest absolute Gasteiger partial charge is 0.338 e. The Morgan fingerprint density at radius 3 is 2.36 bits per heavy atom. The van der Waals surface area contributed by atoms with Crippen LogP contribution in [0.2, 0.25) is 0 Å². The lowest BCUT2D eigenvalue weighted by Crippen LogP contribution is -2.06. The van der Waals surface area contributed by atoms with Gasteiger partial charge in [-0.25, -0.2) is 9.78 Å². The number of rotatable bonds is 8. The molecule has 0 aliphatic rings. The maximum atomic E-state index is 12.0. The average Bonchev–Trinajstić information content (AvgIpc) is 3.08. The van der Waals surface area contributed by atoms with E-state index in [2.05, 4.69) is 9.55 Å². The zero-order valence-corrected chi connectivity index (χ0v) is 16.4. The largest absolute Gasteiger partial charge is 0.486 e. The number of imidazole rings is 1. The fourth-order valence-electron chi connectivity index (χ4n) is 3.07. The number of aromatic nitrogens is 2. The molecule has 0 amide bonds. The van der Waals surface area contributed by atoms with E-state index in [-0.39, 0.29) is 11.8 Å². The molecule has 2 aromatic carbocycles. The van der Waals surface area contributed by atoms with Gasteiger partial charge in [0.05, 0.1) is 23.2 Å². The zero-order chi connectivity index (χ0) is 20.1. The molecule has 3 aromatic rings. The number of Topliss-reactive ketones (excluding diaryl/α,β-unsaturated/α-hetero) is 1. The van der Waals surface area contributed by atoms with Crippen LogP contribution in [0, 0.1) is 0 Å². The quantitative estimate of drug-likeness (QED) is 0.428. The zero-order valence-electron chi connectivity index (χ0n) is 16.4. The van der Waals surface area contributed by atoms with Crippen LogP contribution in [0.1, 0.15) is 53.7 Å². The summed E-state index contributed by atoms with van der Waals surface area (Å²) in [4.78, 5) is 28.3. The van der Waals surface area contributed by atoms with Crippen molar-refractivity contribution in [3.05, 3.63) is 59.4 Å². The van der Waals surface area contributed by atoms with Crippen molar-refractivity contribution in [1.29, 1.82) is 0 Å². The normalized spacial score (nSPS) is 10.8. The molecule has 0 spiro atoms. The molecule has 0 bridgehead atoms. The highest BCUT2D eigenvalue weighted by molar-refractivity contribution is 5.96. The molecule has 146 valence electrons. The molecule has 0 fully saturated rings. The van der Waals surface area contributed by atoms with Crippen molar-refractivity contribution in [3.8, 4) is 5.75 Å². The summed E-state index contributed by atoms with van der Waals surface area (Å²) in [6.45, 7) is 7.02. The Balaban J connectivity index is 1.80. The highest BCUT2D eigenvalue weighted by Gasteiger charge is 2.14. The van der Waals surface area contributed by atoms with Gasteiger partial charge in [0.1, 0.15) is 18.2 Å². The van der Waals surface area contributed by atoms with Crippen LogP contribution in [0.25, 0.3) is 11.0 Å². The minimum atomic E-state index is -0.352. The number of benzene rings is 2. The molecule has 0 radical (unpaired) electrons. The van der Waals surface area contributed by atoms with E-state index >= 15 is 0 Å². The summed E-state index contributed by atoms with van der Waals surface area (Å²) in [6.07, 6.45) is 0.481. The number of esters is 1. The predicted octanol–water partition coefficient (Wildman–Crippen LogP) is 4.40. The minimum Gasteiger partial charge on any atom is -0.486 e. The van der Waals surface area contributed by atoms with Gasteiger partial charge in [-0.1, -0.05) is 6.92 Å². The monoisotopic (exact) mass is 380 g/mol. The van der Waals surface area contributed by atoms with Crippen LogP contribution in [0.4, 0.5) is 0 Å². The first-order valence-corrected chi connectivity index (χ1v) is 9.49. The van der Waals surface area contributed by atoms with E-state index in [4.69, 9.17) is 9.47 Å². The van der Waals surface area contributed by atoms with Crippen LogP contribution in [-0.4, -0.2) is 27.9 Å². The van der Waals surface area contributed by atoms with E-state index in [0.717, 1.165) is 23.4 Å². The van der Waals surface area contributed by atoms with Gasteiger partial charge in [0.25, 0.3) is 0 Å². The Labute approximate surface area is 164 Å². The second-order valence-electron chi connectivity index (χ2n) is 6.29. The van der Waals surface area contributed by atoms with Crippen molar-refractivity contribution >= 4 is 22.8 Å². The van der Waals surface area contributed by atoms with Gasteiger partial charge in [0.15, 0.2) is 5.78 Å². The average molecular weight is 380 g/mol. The summed E-state index contributed by atoms with van der Waals surface area (Å²) in [5.74, 6) is 1.20. The molecule has 28 heavy (non-hydrogen) atoms. The van der Waals surface area contributed by atoms with Gasteiger partial charge in [-0.05, 0) is 56.3 Å². The lowest BCUT2D eigenvalue weighted by Gasteiger charge is -2.09. The number of nitrogens with zero attached hydrogens (tertiary/aromatic N) is 2. The molecule has 0 saturated carbocycles. The summed E-state index contributed by atoms with van der Waals surface area (Å²) in [5.41, 5.74) is 2.84. The summed E-state index contributed by atoms with van der Waals surface area (Å²) < 4.78 is 13.0. The van der Waals surface area contributed by atoms with E-state index in [0.29, 0.717) is 36.5 Å². The van der Waals surface area contributed by atoms with Crippen LogP contribution in [0.15, 0.2) is 42.5 Å². The molecule has 0 unspecified atom stereocenters. The van der Waals surface area contributed by atoms with E-state index in [1.807, 2.05) is 19.9 Å². The summed E-state index contributed by atoms with van der Waals surface area (Å²) in [7, 11) is 0. The second kappa shape index (κ2) is 8.69. The second-order valence-corrected chi connectivity index (χ2v) is 6.29. The van der Waals surface area contributed by atoms with Gasteiger partial charge in [0.2, 0.25) is 0 Å². The molecule has 3 rings (SSSR count). The highest BCUT2D eigenvalue weighted by Crippen LogP contribution is 2.21. The minimum absolute atomic E-state index is 0.108. The Morgan fingerprint density at radius 2 is 1.71 bits per heavy atom. The fourth-order valence-corrected chi connectivity index (χ4v) is 3.07. The predicted molar refractivity (Wildman–Crippen MR) is 107 cm³/mol. The highest BCUT2D eigenvalue weighted by atomic mass is 16.5. The van der Waals surface area contributed by atoms with Gasteiger partial charge >= 0.3 is 5.97 Å². The van der Waals surface area contributed by atoms with Crippen molar-refractivity contribution in [3.63, 3.8) is 0 Å². The lowest BCUT2D eigenvalue weighted by molar-refractivity contribution is 0.0526. The Morgan fingerprint density at radius 1 is 1.00 bits per heavy atom. The lowest BCUT2D eigenvalue weighted by atomic mass is 10.1. The molecule has 0 saturated heterocycles. The molecule has 1 aromatic heterocycles. The van der Waals surface area contributed by atoms with E-state index in [9.17, 15) is 9.59 Å². The van der Waals surface area contributed by atoms with Crippen molar-refractivity contribution in [1.82, 2.24) is 9.55 Å². The van der Waals surface area contributed by atoms with Crippen LogP contribution in [0.3, 0.4) is 0 Å². The molecule has 0 atom stereocenters. The number of aryl methyl sites for hydroxylation is 1. The van der Waals surface area contributed by atoms with Gasteiger partial charge < -0.3 is 14.0 Å². The van der Waals surface area contributed by atoms with E-state index < -0.39 is 0 Å². The topological polar surface area (TPSA) is 70.4 Å². The van der Waals surface area contributed by atoms with Crippen LogP contribution >= 0.6 is 0 Å². The Kier molecular flexibility index (Phi) is 6.09. The first-order chi connectivity index (χ1) is 13.6. The number of fused-ring (bicyclic) bond motifs is 1. The molecular formula is C22H24N2O4. The van der Waals surface area contributed by atoms with Crippen LogP contribution in [0.5, 0.6) is 5.75 Å². The van der Waals surface area contributed by atoms with Gasteiger partial charge in [-0.15, -0.1) is 0 Å². The molecule has 1 heterocycles. The number of hydrogen-bond donors (Lipinski definition) is 0. The summed E-state index contributed by atoms with van der Waals surface area (Å²) >= 11 is 0. The third-order valence-corrected chi connectivity index (χ3v) is 4.52. The third kappa shape index (κ3) is 4.06. The van der Waals surface area contributed by atoms with Gasteiger partial charge in [0, 0.05) is 18.5 Å². The van der Waals surface area contributed by atoms with Gasteiger partial charge in [-0.3, -0.25) is 4.79 Å². The SMILES string of the molecule is CCOC(=O)c1ccc2c(c1)nc(COc1ccc(C(=O)CC)cc1)n2CC. The number of carbonyl (C=O) groups is 2. The van der Waals surface area contributed by atoms with Crippen molar-refractivity contribution in [2.75, 3.05) is 6.61 Å². The molecular weight excluding hydrogens is 356 g/mol. The maximum Gasteiger partial charge on any atom is 0.338 e. The Hall–Kier alpha value is -3.15. The molecule has 0 aliphatic carbocycles. The number of carbonyl (C=O) groups excluding carboxylic acids is 2. The first kappa shape index (κ1) is 19.6. The standard InChI is InChI=1S/C22H24N2O4/c1-4-20(25)15-7-10-17(11-8-15)28-14-21-23-18-13-16(22(26)27-6-3)9-12-19(18)24(21)5-2/h7-13H,4-6,14H2,1-3H3. The molecule has 6 heteroatoms. The summed E-state index contributed by atoms with van der Waals surface area (Å²) in [6, 6.07) is 12.5. The van der Waals surface area contributed by atoms with Crippen molar-refractivity contribution in [2.45, 2.75) is 40.3 Å². The van der Waals surface area contributed by atoms with Crippen molar-refractivity contribution in [2.24, 2.45) is 0 Å². The number of ketones is 1. The first-order valence-electron chi connectivity index (χ1n) is 9.49. The van der Waals surface area contributed by atoms with Crippen molar-refractivity contribution < 1.29 is 19.1 Å². The van der Waals surface area contributed by atoms with Gasteiger partial charge in [-0.2, -0.15) is 0 Å². The number of ether oxygens (including phenoxy) is 2. The fraction of sp³-hybridized carbons (Fsp3) is 0.318. The summed E-state index contributed by atoms with van der Waals surface area (Å²) in [5, 5.41) is 0. The molecule has 6 nitrogen and oxygen atoms in total. The van der Waals surface area contributed by atoms with E-state index in [1.54, 1.807) is 43.3 Å². The molecule has 0 N–H and O–H groups in total. The van der Waals surface area contributed by atoms with E-state index in [1.165, 1.54) is 0 Å². The van der Waals surface area contributed by atoms with Crippen LogP contribution in [-0.2, 0) is 17.9 Å². The number of hydrogen-bond acceptors (Lipinski definition) is 5.